The molecule has 0 radical (unpaired) electrons. The van der Waals surface area contributed by atoms with Gasteiger partial charge in [-0.05, 0) is 23.1 Å². The number of rotatable bonds is 0. The van der Waals surface area contributed by atoms with Gasteiger partial charge in [-0.1, -0.05) is 57.2 Å². The number of hydrogen-bond donors (Lipinski definition) is 0. The highest BCUT2D eigenvalue weighted by Gasteiger charge is 2.35. The van der Waals surface area contributed by atoms with Gasteiger partial charge in [0.05, 0.1) is 5.56 Å². The van der Waals surface area contributed by atoms with Gasteiger partial charge in [0.25, 0.3) is 0 Å². The topological polar surface area (TPSA) is 26.3 Å². The van der Waals surface area contributed by atoms with E-state index in [0.717, 1.165) is 11.1 Å². The van der Waals surface area contributed by atoms with E-state index in [4.69, 9.17) is 4.74 Å². The number of carbonyl (C=O) groups is 1. The Morgan fingerprint density at radius 2 is 1.50 bits per heavy atom. The van der Waals surface area contributed by atoms with Crippen molar-refractivity contribution in [3.05, 3.63) is 65.2 Å². The molecule has 2 aromatic rings. The summed E-state index contributed by atoms with van der Waals surface area (Å²) in [5, 5.41) is 0. The highest BCUT2D eigenvalue weighted by Crippen LogP contribution is 2.46. The van der Waals surface area contributed by atoms with Crippen LogP contribution in [0.2, 0.25) is 0 Å². The van der Waals surface area contributed by atoms with Crippen molar-refractivity contribution >= 4 is 5.97 Å². The lowest BCUT2D eigenvalue weighted by Crippen LogP contribution is -2.20. The predicted molar refractivity (Wildman–Crippen MR) is 79.1 cm³/mol. The molecule has 3 rings (SSSR count). The summed E-state index contributed by atoms with van der Waals surface area (Å²) in [5.41, 5.74) is 2.80. The number of fused-ring (bicyclic) bond motifs is 2. The Bertz CT molecular complexity index is 665. The SMILES string of the molecule is CC(C)(C)C1c2ccccc2OC(=O)c2ccccc21. The smallest absolute Gasteiger partial charge is 0.343 e. The zero-order valence-corrected chi connectivity index (χ0v) is 12.0. The van der Waals surface area contributed by atoms with Crippen molar-refractivity contribution in [1.29, 1.82) is 0 Å². The van der Waals surface area contributed by atoms with Gasteiger partial charge in [-0.25, -0.2) is 4.79 Å². The van der Waals surface area contributed by atoms with Crippen LogP contribution in [-0.4, -0.2) is 5.97 Å². The minimum atomic E-state index is -0.264. The third-order valence-electron chi connectivity index (χ3n) is 3.79. The highest BCUT2D eigenvalue weighted by molar-refractivity contribution is 5.94. The number of esters is 1. The Hall–Kier alpha value is -2.09. The molecule has 0 N–H and O–H groups in total. The molecule has 0 amide bonds. The highest BCUT2D eigenvalue weighted by atomic mass is 16.5. The van der Waals surface area contributed by atoms with Gasteiger partial charge in [0.15, 0.2) is 0 Å². The summed E-state index contributed by atoms with van der Waals surface area (Å²) in [7, 11) is 0. The van der Waals surface area contributed by atoms with Crippen LogP contribution in [0.25, 0.3) is 0 Å². The number of carbonyl (C=O) groups excluding carboxylic acids is 1. The van der Waals surface area contributed by atoms with E-state index in [1.54, 1.807) is 0 Å². The second-order valence-corrected chi connectivity index (χ2v) is 6.31. The van der Waals surface area contributed by atoms with E-state index >= 15 is 0 Å². The molecule has 0 saturated heterocycles. The predicted octanol–water partition coefficient (Wildman–Crippen LogP) is 4.40. The molecule has 0 fully saturated rings. The standard InChI is InChI=1S/C18H18O2/c1-18(2,3)16-12-8-4-5-9-13(12)17(19)20-15-11-7-6-10-14(15)16/h4-11,16H,1-3H3. The summed E-state index contributed by atoms with van der Waals surface area (Å²) in [6.07, 6.45) is 0. The van der Waals surface area contributed by atoms with Crippen molar-refractivity contribution in [2.24, 2.45) is 5.41 Å². The minimum absolute atomic E-state index is 0.000185. The molecule has 0 saturated carbocycles. The number of para-hydroxylation sites is 1. The van der Waals surface area contributed by atoms with Gasteiger partial charge >= 0.3 is 5.97 Å². The van der Waals surface area contributed by atoms with Gasteiger partial charge in [0, 0.05) is 11.5 Å². The van der Waals surface area contributed by atoms with Gasteiger partial charge in [-0.15, -0.1) is 0 Å². The maximum atomic E-state index is 12.3. The number of hydrogen-bond acceptors (Lipinski definition) is 2. The van der Waals surface area contributed by atoms with Crippen molar-refractivity contribution < 1.29 is 9.53 Å². The van der Waals surface area contributed by atoms with Gasteiger partial charge < -0.3 is 4.74 Å². The Kier molecular flexibility index (Phi) is 2.89. The van der Waals surface area contributed by atoms with Crippen LogP contribution in [0.15, 0.2) is 48.5 Å². The molecule has 1 heterocycles. The fourth-order valence-corrected chi connectivity index (χ4v) is 3.00. The second kappa shape index (κ2) is 4.48. The van der Waals surface area contributed by atoms with Crippen LogP contribution in [0.5, 0.6) is 5.75 Å². The molecule has 20 heavy (non-hydrogen) atoms. The first-order valence-electron chi connectivity index (χ1n) is 6.88. The lowest BCUT2D eigenvalue weighted by molar-refractivity contribution is 0.0736. The molecule has 2 heteroatoms. The van der Waals surface area contributed by atoms with Crippen LogP contribution >= 0.6 is 0 Å². The molecule has 2 aromatic carbocycles. The molecular weight excluding hydrogens is 248 g/mol. The van der Waals surface area contributed by atoms with E-state index in [-0.39, 0.29) is 17.3 Å². The maximum absolute atomic E-state index is 12.3. The Balaban J connectivity index is 2.32. The van der Waals surface area contributed by atoms with E-state index < -0.39 is 0 Å². The van der Waals surface area contributed by atoms with Crippen LogP contribution in [0.3, 0.4) is 0 Å². The van der Waals surface area contributed by atoms with Crippen molar-refractivity contribution in [2.75, 3.05) is 0 Å². The lowest BCUT2D eigenvalue weighted by Gasteiger charge is -2.31. The Morgan fingerprint density at radius 1 is 0.900 bits per heavy atom. The first-order valence-corrected chi connectivity index (χ1v) is 6.88. The van der Waals surface area contributed by atoms with E-state index in [1.807, 2.05) is 42.5 Å². The van der Waals surface area contributed by atoms with Crippen molar-refractivity contribution in [2.45, 2.75) is 26.7 Å². The summed E-state index contributed by atoms with van der Waals surface area (Å²) in [6.45, 7) is 6.59. The van der Waals surface area contributed by atoms with E-state index in [0.29, 0.717) is 11.3 Å². The summed E-state index contributed by atoms with van der Waals surface area (Å²) in [6, 6.07) is 15.6. The number of ether oxygens (including phenoxy) is 1. The zero-order valence-electron chi connectivity index (χ0n) is 12.0. The molecule has 0 spiro atoms. The average Bonchev–Trinajstić information content (AvgIpc) is 2.52. The van der Waals surface area contributed by atoms with Crippen LogP contribution in [0.4, 0.5) is 0 Å². The Labute approximate surface area is 119 Å². The zero-order chi connectivity index (χ0) is 14.3. The molecule has 1 unspecified atom stereocenters. The number of benzene rings is 2. The summed E-state index contributed by atoms with van der Waals surface area (Å²) < 4.78 is 5.57. The molecular formula is C18H18O2. The first kappa shape index (κ1) is 12.9. The molecule has 1 atom stereocenters. The first-order chi connectivity index (χ1) is 9.48. The molecule has 1 aliphatic rings. The summed E-state index contributed by atoms with van der Waals surface area (Å²) >= 11 is 0. The van der Waals surface area contributed by atoms with E-state index in [9.17, 15) is 4.79 Å². The van der Waals surface area contributed by atoms with Gasteiger partial charge in [-0.3, -0.25) is 0 Å². The fourth-order valence-electron chi connectivity index (χ4n) is 3.00. The third-order valence-corrected chi connectivity index (χ3v) is 3.79. The third kappa shape index (κ3) is 2.01. The van der Waals surface area contributed by atoms with E-state index in [1.165, 1.54) is 0 Å². The molecule has 102 valence electrons. The van der Waals surface area contributed by atoms with Gasteiger partial charge in [0.1, 0.15) is 5.75 Å². The average molecular weight is 266 g/mol. The van der Waals surface area contributed by atoms with Crippen molar-refractivity contribution in [3.63, 3.8) is 0 Å². The van der Waals surface area contributed by atoms with E-state index in [2.05, 4.69) is 26.8 Å². The molecule has 1 aliphatic heterocycles. The van der Waals surface area contributed by atoms with Crippen molar-refractivity contribution in [1.82, 2.24) is 0 Å². The normalized spacial score (nSPS) is 17.8. The molecule has 0 aromatic heterocycles. The largest absolute Gasteiger partial charge is 0.423 e. The maximum Gasteiger partial charge on any atom is 0.343 e. The summed E-state index contributed by atoms with van der Waals surface area (Å²) in [5.74, 6) is 0.551. The van der Waals surface area contributed by atoms with Gasteiger partial charge in [0.2, 0.25) is 0 Å². The minimum Gasteiger partial charge on any atom is -0.423 e. The lowest BCUT2D eigenvalue weighted by atomic mass is 9.71. The fraction of sp³-hybridized carbons (Fsp3) is 0.278. The molecule has 0 aliphatic carbocycles. The summed E-state index contributed by atoms with van der Waals surface area (Å²) in [4.78, 5) is 12.3. The molecule has 0 bridgehead atoms. The van der Waals surface area contributed by atoms with Crippen LogP contribution in [0, 0.1) is 5.41 Å². The monoisotopic (exact) mass is 266 g/mol. The van der Waals surface area contributed by atoms with Crippen molar-refractivity contribution in [3.8, 4) is 5.75 Å². The van der Waals surface area contributed by atoms with Crippen LogP contribution in [0.1, 0.15) is 48.2 Å². The second-order valence-electron chi connectivity index (χ2n) is 6.31. The molecule has 2 nitrogen and oxygen atoms in total. The van der Waals surface area contributed by atoms with Crippen LogP contribution in [-0.2, 0) is 0 Å². The van der Waals surface area contributed by atoms with Gasteiger partial charge in [-0.2, -0.15) is 0 Å². The van der Waals surface area contributed by atoms with Crippen LogP contribution < -0.4 is 4.74 Å². The Morgan fingerprint density at radius 3 is 2.20 bits per heavy atom. The quantitative estimate of drug-likeness (QED) is 0.522.